The molecular formula is C19H15ClO3. The maximum Gasteiger partial charge on any atom is 0.144 e. The molecule has 23 heavy (non-hydrogen) atoms. The summed E-state index contributed by atoms with van der Waals surface area (Å²) in [4.78, 5) is 10.9. The molecule has 0 radical (unpaired) electrons. The van der Waals surface area contributed by atoms with E-state index in [2.05, 4.69) is 11.8 Å². The molecule has 0 aliphatic rings. The zero-order valence-corrected chi connectivity index (χ0v) is 13.6. The topological polar surface area (TPSA) is 35.5 Å². The molecule has 0 spiro atoms. The highest BCUT2D eigenvalue weighted by Gasteiger charge is 2.03. The number of aldehydes is 1. The third-order valence-corrected chi connectivity index (χ3v) is 3.38. The molecule has 2 aromatic rings. The van der Waals surface area contributed by atoms with E-state index in [1.54, 1.807) is 38.5 Å². The van der Waals surface area contributed by atoms with Gasteiger partial charge in [-0.3, -0.25) is 4.79 Å². The summed E-state index contributed by atoms with van der Waals surface area (Å²) >= 11 is 5.88. The number of carbonyl (C=O) groups excluding carboxylic acids is 1. The van der Waals surface area contributed by atoms with Crippen molar-refractivity contribution in [2.75, 3.05) is 14.2 Å². The standard InChI is InChI=1S/C19H15ClO3/c1-22-18-10-7-16(19(13-18)23-2)4-3-15(11-12-21)14-5-8-17(20)9-6-14/h5-13H,1-2H3/b15-11-. The third-order valence-electron chi connectivity index (χ3n) is 3.13. The first kappa shape index (κ1) is 16.7. The number of hydrogen-bond acceptors (Lipinski definition) is 3. The molecule has 0 amide bonds. The molecule has 0 heterocycles. The zero-order chi connectivity index (χ0) is 16.7. The van der Waals surface area contributed by atoms with E-state index in [0.29, 0.717) is 33.9 Å². The van der Waals surface area contributed by atoms with Gasteiger partial charge in [0.15, 0.2) is 0 Å². The van der Waals surface area contributed by atoms with E-state index in [9.17, 15) is 4.79 Å². The maximum absolute atomic E-state index is 10.9. The molecule has 0 atom stereocenters. The molecule has 2 rings (SSSR count). The molecule has 0 aliphatic carbocycles. The van der Waals surface area contributed by atoms with Crippen molar-refractivity contribution in [2.24, 2.45) is 0 Å². The van der Waals surface area contributed by atoms with Crippen LogP contribution in [0.5, 0.6) is 11.5 Å². The maximum atomic E-state index is 10.9. The SMILES string of the molecule is COc1ccc(C#C/C(=C/C=O)c2ccc(Cl)cc2)c(OC)c1. The Bertz CT molecular complexity index is 780. The number of benzene rings is 2. The number of rotatable bonds is 4. The van der Waals surface area contributed by atoms with Crippen molar-refractivity contribution in [1.82, 2.24) is 0 Å². The molecule has 2 aromatic carbocycles. The number of ether oxygens (including phenoxy) is 2. The van der Waals surface area contributed by atoms with Crippen LogP contribution in [-0.4, -0.2) is 20.5 Å². The Morgan fingerprint density at radius 1 is 1.09 bits per heavy atom. The van der Waals surface area contributed by atoms with E-state index in [-0.39, 0.29) is 0 Å². The highest BCUT2D eigenvalue weighted by molar-refractivity contribution is 6.30. The Balaban J connectivity index is 2.39. The molecule has 0 bridgehead atoms. The van der Waals surface area contributed by atoms with Gasteiger partial charge in [-0.2, -0.15) is 0 Å². The van der Waals surface area contributed by atoms with Gasteiger partial charge in [-0.05, 0) is 35.9 Å². The van der Waals surface area contributed by atoms with Crippen LogP contribution in [0.1, 0.15) is 11.1 Å². The zero-order valence-electron chi connectivity index (χ0n) is 12.8. The van der Waals surface area contributed by atoms with Crippen LogP contribution < -0.4 is 9.47 Å². The lowest BCUT2D eigenvalue weighted by molar-refractivity contribution is -0.104. The fourth-order valence-corrected chi connectivity index (χ4v) is 2.07. The number of allylic oxidation sites excluding steroid dienone is 2. The van der Waals surface area contributed by atoms with E-state index >= 15 is 0 Å². The molecule has 0 N–H and O–H groups in total. The predicted molar refractivity (Wildman–Crippen MR) is 91.9 cm³/mol. The van der Waals surface area contributed by atoms with E-state index in [1.165, 1.54) is 6.08 Å². The van der Waals surface area contributed by atoms with E-state index in [4.69, 9.17) is 21.1 Å². The van der Waals surface area contributed by atoms with Gasteiger partial charge in [0.25, 0.3) is 0 Å². The van der Waals surface area contributed by atoms with Gasteiger partial charge in [-0.1, -0.05) is 35.6 Å². The fourth-order valence-electron chi connectivity index (χ4n) is 1.94. The minimum absolute atomic E-state index is 0.606. The summed E-state index contributed by atoms with van der Waals surface area (Å²) in [7, 11) is 3.16. The smallest absolute Gasteiger partial charge is 0.144 e. The van der Waals surface area contributed by atoms with Crippen molar-refractivity contribution in [3.05, 3.63) is 64.7 Å². The van der Waals surface area contributed by atoms with Gasteiger partial charge in [0, 0.05) is 16.7 Å². The number of carbonyl (C=O) groups is 1. The number of methoxy groups -OCH3 is 2. The second-order valence-corrected chi connectivity index (χ2v) is 4.98. The normalized spacial score (nSPS) is 10.5. The first-order valence-electron chi connectivity index (χ1n) is 6.83. The largest absolute Gasteiger partial charge is 0.497 e. The molecule has 116 valence electrons. The van der Waals surface area contributed by atoms with Crippen LogP contribution in [-0.2, 0) is 4.79 Å². The van der Waals surface area contributed by atoms with E-state index in [0.717, 1.165) is 5.56 Å². The molecule has 3 nitrogen and oxygen atoms in total. The van der Waals surface area contributed by atoms with Gasteiger partial charge in [-0.15, -0.1) is 0 Å². The molecular weight excluding hydrogens is 312 g/mol. The average molecular weight is 327 g/mol. The van der Waals surface area contributed by atoms with Gasteiger partial charge < -0.3 is 9.47 Å². The van der Waals surface area contributed by atoms with Gasteiger partial charge >= 0.3 is 0 Å². The lowest BCUT2D eigenvalue weighted by atomic mass is 10.1. The Morgan fingerprint density at radius 3 is 2.43 bits per heavy atom. The average Bonchev–Trinajstić information content (AvgIpc) is 2.59. The van der Waals surface area contributed by atoms with Crippen LogP contribution in [0, 0.1) is 11.8 Å². The fraction of sp³-hybridized carbons (Fsp3) is 0.105. The lowest BCUT2D eigenvalue weighted by Gasteiger charge is -2.06. The molecule has 0 saturated carbocycles. The van der Waals surface area contributed by atoms with Crippen molar-refractivity contribution >= 4 is 23.5 Å². The summed E-state index contributed by atoms with van der Waals surface area (Å²) in [5.74, 6) is 7.32. The van der Waals surface area contributed by atoms with Gasteiger partial charge in [-0.25, -0.2) is 0 Å². The minimum Gasteiger partial charge on any atom is -0.497 e. The summed E-state index contributed by atoms with van der Waals surface area (Å²) in [6, 6.07) is 12.5. The third kappa shape index (κ3) is 4.38. The molecule has 0 saturated heterocycles. The van der Waals surface area contributed by atoms with Gasteiger partial charge in [0.05, 0.1) is 19.8 Å². The van der Waals surface area contributed by atoms with Crippen molar-refractivity contribution in [3.63, 3.8) is 0 Å². The monoisotopic (exact) mass is 326 g/mol. The first-order chi connectivity index (χ1) is 11.2. The summed E-state index contributed by atoms with van der Waals surface area (Å²) < 4.78 is 10.5. The predicted octanol–water partition coefficient (Wildman–Crippen LogP) is 3.99. The quantitative estimate of drug-likeness (QED) is 0.484. The van der Waals surface area contributed by atoms with Gasteiger partial charge in [0.1, 0.15) is 17.8 Å². The molecule has 0 unspecified atom stereocenters. The number of halogens is 1. The summed E-state index contributed by atoms with van der Waals surface area (Å²) in [5.41, 5.74) is 2.13. The Kier molecular flexibility index (Phi) is 5.85. The lowest BCUT2D eigenvalue weighted by Crippen LogP contribution is -1.90. The highest BCUT2D eigenvalue weighted by Crippen LogP contribution is 2.24. The van der Waals surface area contributed by atoms with E-state index < -0.39 is 0 Å². The molecule has 0 fully saturated rings. The number of hydrogen-bond donors (Lipinski definition) is 0. The Hall–Kier alpha value is -2.70. The van der Waals surface area contributed by atoms with Crippen LogP contribution in [0.4, 0.5) is 0 Å². The first-order valence-corrected chi connectivity index (χ1v) is 7.21. The molecule has 0 aliphatic heterocycles. The second kappa shape index (κ2) is 8.07. The van der Waals surface area contributed by atoms with E-state index in [1.807, 2.05) is 18.2 Å². The summed E-state index contributed by atoms with van der Waals surface area (Å²) in [6.45, 7) is 0. The Morgan fingerprint density at radius 2 is 1.83 bits per heavy atom. The van der Waals surface area contributed by atoms with Gasteiger partial charge in [0.2, 0.25) is 0 Å². The van der Waals surface area contributed by atoms with Crippen LogP contribution >= 0.6 is 11.6 Å². The Labute approximate surface area is 140 Å². The van der Waals surface area contributed by atoms with Crippen LogP contribution in [0.25, 0.3) is 5.57 Å². The van der Waals surface area contributed by atoms with Crippen LogP contribution in [0.2, 0.25) is 5.02 Å². The van der Waals surface area contributed by atoms with Crippen LogP contribution in [0.15, 0.2) is 48.5 Å². The second-order valence-electron chi connectivity index (χ2n) is 4.54. The van der Waals surface area contributed by atoms with Crippen molar-refractivity contribution in [3.8, 4) is 23.3 Å². The molecule has 0 aromatic heterocycles. The van der Waals surface area contributed by atoms with Crippen LogP contribution in [0.3, 0.4) is 0 Å². The minimum atomic E-state index is 0.606. The summed E-state index contributed by atoms with van der Waals surface area (Å²) in [5, 5.41) is 0.629. The van der Waals surface area contributed by atoms with Crippen molar-refractivity contribution in [2.45, 2.75) is 0 Å². The highest BCUT2D eigenvalue weighted by atomic mass is 35.5. The van der Waals surface area contributed by atoms with Crippen molar-refractivity contribution in [1.29, 1.82) is 0 Å². The van der Waals surface area contributed by atoms with Crippen molar-refractivity contribution < 1.29 is 14.3 Å². The molecule has 4 heteroatoms. The summed E-state index contributed by atoms with van der Waals surface area (Å²) in [6.07, 6.45) is 2.14.